The van der Waals surface area contributed by atoms with Crippen LogP contribution in [0.15, 0.2) is 60.7 Å². The number of carbonyl (C=O) groups is 3. The molecule has 0 bridgehead atoms. The maximum Gasteiger partial charge on any atom is 0.415 e. The molecule has 7 nitrogen and oxygen atoms in total. The van der Waals surface area contributed by atoms with Crippen LogP contribution in [0.5, 0.6) is 5.75 Å². The van der Waals surface area contributed by atoms with Crippen molar-refractivity contribution in [2.45, 2.75) is 38.6 Å². The number of anilines is 1. The minimum atomic E-state index is -1.35. The quantitative estimate of drug-likeness (QED) is 0.316. The van der Waals surface area contributed by atoms with Gasteiger partial charge < -0.3 is 14.8 Å². The van der Waals surface area contributed by atoms with Gasteiger partial charge >= 0.3 is 12.1 Å². The van der Waals surface area contributed by atoms with E-state index in [4.69, 9.17) is 32.7 Å². The Morgan fingerprint density at radius 2 is 1.80 bits per heavy atom. The summed E-state index contributed by atoms with van der Waals surface area (Å²) in [7, 11) is 1.27. The van der Waals surface area contributed by atoms with Gasteiger partial charge in [0.05, 0.1) is 23.7 Å². The first-order chi connectivity index (χ1) is 19.4. The molecule has 0 aliphatic carbocycles. The molecule has 3 aromatic rings. The van der Waals surface area contributed by atoms with Crippen LogP contribution in [0.4, 0.5) is 14.9 Å². The number of nitrogens with one attached hydrogen (secondary N) is 1. The summed E-state index contributed by atoms with van der Waals surface area (Å²) in [6, 6.07) is 14.5. The third kappa shape index (κ3) is 5.04. The molecule has 1 spiro atoms. The summed E-state index contributed by atoms with van der Waals surface area (Å²) in [6.07, 6.45) is -0.232. The predicted molar refractivity (Wildman–Crippen MR) is 154 cm³/mol. The molecular weight excluding hydrogens is 570 g/mol. The molecule has 3 aromatic carbocycles. The third-order valence-corrected chi connectivity index (χ3v) is 8.23. The number of likely N-dealkylation sites (tertiary alicyclic amines) is 1. The fraction of sp³-hybridized carbons (Fsp3) is 0.323. The highest BCUT2D eigenvalue weighted by molar-refractivity contribution is 6.31. The number of esters is 1. The van der Waals surface area contributed by atoms with E-state index in [0.717, 1.165) is 0 Å². The van der Waals surface area contributed by atoms with Crippen LogP contribution < -0.4 is 10.1 Å². The van der Waals surface area contributed by atoms with E-state index < -0.39 is 35.3 Å². The first-order valence-electron chi connectivity index (χ1n) is 13.1. The molecule has 0 radical (unpaired) electrons. The summed E-state index contributed by atoms with van der Waals surface area (Å²) in [5.41, 5.74) is -0.0641. The van der Waals surface area contributed by atoms with Crippen LogP contribution in [0.2, 0.25) is 10.0 Å². The van der Waals surface area contributed by atoms with Gasteiger partial charge in [-0.05, 0) is 65.8 Å². The molecule has 10 heteroatoms. The SMILES string of the molecule is COC(=O)c1ccc(OC(=O)N2CC(CC(C)(C)C)C3(C(=O)Nc4cc(Cl)ccc43)C2c2cccc(Cl)c2F)cc1. The van der Waals surface area contributed by atoms with Crippen molar-refractivity contribution in [3.05, 3.63) is 93.2 Å². The largest absolute Gasteiger partial charge is 0.465 e. The second-order valence-electron chi connectivity index (χ2n) is 11.6. The number of amides is 2. The summed E-state index contributed by atoms with van der Waals surface area (Å²) in [6.45, 7) is 6.27. The molecule has 3 unspecified atom stereocenters. The normalized spacial score (nSPS) is 21.5. The van der Waals surface area contributed by atoms with Crippen LogP contribution in [0.1, 0.15) is 54.7 Å². The Bertz CT molecular complexity index is 1540. The Morgan fingerprint density at radius 1 is 1.10 bits per heavy atom. The molecule has 5 rings (SSSR count). The van der Waals surface area contributed by atoms with E-state index in [2.05, 4.69) is 26.1 Å². The summed E-state index contributed by atoms with van der Waals surface area (Å²) < 4.78 is 26.3. The Labute approximate surface area is 247 Å². The molecule has 3 atom stereocenters. The van der Waals surface area contributed by atoms with E-state index in [-0.39, 0.29) is 39.8 Å². The standard InChI is InChI=1S/C31H29Cl2FN2O5/c1-30(2,3)15-18-16-36(29(39)41-20-11-8-17(9-12-20)27(37)40-4)26(21-6-5-7-23(33)25(21)34)31(18)22-13-10-19(32)14-24(22)35-28(31)38/h5-14,18,26H,15-16H2,1-4H3,(H,35,38). The molecule has 1 saturated heterocycles. The van der Waals surface area contributed by atoms with Crippen molar-refractivity contribution >= 4 is 46.9 Å². The zero-order valence-electron chi connectivity index (χ0n) is 23.0. The first kappa shape index (κ1) is 28.9. The molecule has 2 amide bonds. The predicted octanol–water partition coefficient (Wildman–Crippen LogP) is 7.42. The molecule has 214 valence electrons. The van der Waals surface area contributed by atoms with Gasteiger partial charge in [0, 0.05) is 22.8 Å². The van der Waals surface area contributed by atoms with Crippen molar-refractivity contribution in [1.82, 2.24) is 4.90 Å². The molecule has 0 saturated carbocycles. The first-order valence-corrected chi connectivity index (χ1v) is 13.8. The lowest BCUT2D eigenvalue weighted by Gasteiger charge is -2.38. The number of nitrogens with zero attached hydrogens (tertiary/aromatic N) is 1. The Hall–Kier alpha value is -3.62. The van der Waals surface area contributed by atoms with Gasteiger partial charge in [0.25, 0.3) is 0 Å². The average Bonchev–Trinajstić information content (AvgIpc) is 3.39. The lowest BCUT2D eigenvalue weighted by Crippen LogP contribution is -2.46. The highest BCUT2D eigenvalue weighted by Crippen LogP contribution is 2.60. The van der Waals surface area contributed by atoms with Crippen LogP contribution >= 0.6 is 23.2 Å². The molecule has 2 heterocycles. The summed E-state index contributed by atoms with van der Waals surface area (Å²) >= 11 is 12.5. The minimum Gasteiger partial charge on any atom is -0.465 e. The Balaban J connectivity index is 1.66. The van der Waals surface area contributed by atoms with E-state index in [9.17, 15) is 14.4 Å². The highest BCUT2D eigenvalue weighted by Gasteiger charge is 2.65. The van der Waals surface area contributed by atoms with E-state index in [1.165, 1.54) is 42.3 Å². The van der Waals surface area contributed by atoms with Crippen LogP contribution in [-0.4, -0.2) is 36.5 Å². The van der Waals surface area contributed by atoms with Gasteiger partial charge in [-0.3, -0.25) is 9.69 Å². The third-order valence-electron chi connectivity index (χ3n) is 7.71. The molecule has 1 N–H and O–H groups in total. The van der Waals surface area contributed by atoms with Gasteiger partial charge in [-0.2, -0.15) is 0 Å². The number of hydrogen-bond acceptors (Lipinski definition) is 5. The zero-order chi connectivity index (χ0) is 29.7. The number of halogens is 3. The molecule has 2 aliphatic heterocycles. The lowest BCUT2D eigenvalue weighted by atomic mass is 9.63. The molecule has 0 aromatic heterocycles. The van der Waals surface area contributed by atoms with Crippen molar-refractivity contribution < 1.29 is 28.2 Å². The topological polar surface area (TPSA) is 84.9 Å². The smallest absolute Gasteiger partial charge is 0.415 e. The number of ether oxygens (including phenoxy) is 2. The number of carbonyl (C=O) groups excluding carboxylic acids is 3. The van der Waals surface area contributed by atoms with E-state index in [0.29, 0.717) is 22.7 Å². The second-order valence-corrected chi connectivity index (χ2v) is 12.4. The molecule has 41 heavy (non-hydrogen) atoms. The van der Waals surface area contributed by atoms with Crippen molar-refractivity contribution in [2.75, 3.05) is 19.0 Å². The molecule has 1 fully saturated rings. The van der Waals surface area contributed by atoms with Gasteiger partial charge in [-0.1, -0.05) is 62.2 Å². The number of methoxy groups -OCH3 is 1. The summed E-state index contributed by atoms with van der Waals surface area (Å²) in [4.78, 5) is 41.3. The number of fused-ring (bicyclic) bond motifs is 2. The van der Waals surface area contributed by atoms with Gasteiger partial charge in [-0.25, -0.2) is 14.0 Å². The fourth-order valence-electron chi connectivity index (χ4n) is 6.19. The highest BCUT2D eigenvalue weighted by atomic mass is 35.5. The summed E-state index contributed by atoms with van der Waals surface area (Å²) in [5.74, 6) is -1.85. The number of hydrogen-bond donors (Lipinski definition) is 1. The van der Waals surface area contributed by atoms with E-state index >= 15 is 4.39 Å². The maximum atomic E-state index is 15.8. The molecular formula is C31H29Cl2FN2O5. The monoisotopic (exact) mass is 598 g/mol. The maximum absolute atomic E-state index is 15.8. The fourth-order valence-corrected chi connectivity index (χ4v) is 6.54. The van der Waals surface area contributed by atoms with Crippen LogP contribution in [0.3, 0.4) is 0 Å². The van der Waals surface area contributed by atoms with E-state index in [1.54, 1.807) is 30.3 Å². The van der Waals surface area contributed by atoms with Crippen molar-refractivity contribution in [1.29, 1.82) is 0 Å². The number of rotatable bonds is 4. The van der Waals surface area contributed by atoms with Crippen LogP contribution in [0.25, 0.3) is 0 Å². The van der Waals surface area contributed by atoms with Crippen molar-refractivity contribution in [3.8, 4) is 5.75 Å². The second kappa shape index (κ2) is 10.7. The van der Waals surface area contributed by atoms with Gasteiger partial charge in [0.2, 0.25) is 5.91 Å². The molecule has 2 aliphatic rings. The van der Waals surface area contributed by atoms with Gasteiger partial charge in [-0.15, -0.1) is 0 Å². The lowest BCUT2D eigenvalue weighted by molar-refractivity contribution is -0.123. The van der Waals surface area contributed by atoms with E-state index in [1.807, 2.05) is 0 Å². The van der Waals surface area contributed by atoms with Crippen molar-refractivity contribution in [3.63, 3.8) is 0 Å². The van der Waals surface area contributed by atoms with Gasteiger partial charge in [0.15, 0.2) is 0 Å². The summed E-state index contributed by atoms with van der Waals surface area (Å²) in [5, 5.41) is 3.26. The number of benzene rings is 3. The van der Waals surface area contributed by atoms with Crippen LogP contribution in [0, 0.1) is 17.2 Å². The van der Waals surface area contributed by atoms with Crippen LogP contribution in [-0.2, 0) is 14.9 Å². The zero-order valence-corrected chi connectivity index (χ0v) is 24.5. The minimum absolute atomic E-state index is 0.102. The average molecular weight is 599 g/mol. The van der Waals surface area contributed by atoms with Crippen molar-refractivity contribution in [2.24, 2.45) is 11.3 Å². The van der Waals surface area contributed by atoms with Gasteiger partial charge in [0.1, 0.15) is 17.0 Å². The Morgan fingerprint density at radius 3 is 2.46 bits per heavy atom. The Kier molecular flexibility index (Phi) is 7.51.